The number of rotatable bonds is 3. The van der Waals surface area contributed by atoms with Gasteiger partial charge in [-0.25, -0.2) is 4.79 Å². The van der Waals surface area contributed by atoms with Crippen molar-refractivity contribution in [3.63, 3.8) is 0 Å². The van der Waals surface area contributed by atoms with Gasteiger partial charge in [-0.3, -0.25) is 4.79 Å². The Hall–Kier alpha value is -1.66. The average molecular weight is 228 g/mol. The lowest BCUT2D eigenvalue weighted by Gasteiger charge is -2.22. The Morgan fingerprint density at radius 3 is 2.69 bits per heavy atom. The summed E-state index contributed by atoms with van der Waals surface area (Å²) in [6.07, 6.45) is -1.62. The van der Waals surface area contributed by atoms with Gasteiger partial charge in [0.25, 0.3) is 0 Å². The van der Waals surface area contributed by atoms with Gasteiger partial charge in [0.15, 0.2) is 5.78 Å². The molecular weight excluding hydrogens is 216 g/mol. The van der Waals surface area contributed by atoms with Crippen LogP contribution in [0.15, 0.2) is 24.2 Å². The monoisotopic (exact) mass is 228 g/mol. The summed E-state index contributed by atoms with van der Waals surface area (Å²) in [5.41, 5.74) is 0. The summed E-state index contributed by atoms with van der Waals surface area (Å²) in [4.78, 5) is 22.1. The third-order valence-electron chi connectivity index (χ3n) is 2.04. The van der Waals surface area contributed by atoms with E-state index >= 15 is 0 Å². The molecule has 0 saturated carbocycles. The standard InChI is InChI=1S/C10H12O6/c1-5(10(14)15-2)16-9-4-7(12)6(11)3-8(9)13/h4,6,8,11,13H,1,3H2,2H3/t6-,8+/m0/s1. The van der Waals surface area contributed by atoms with Crippen LogP contribution in [0.25, 0.3) is 0 Å². The lowest BCUT2D eigenvalue weighted by Crippen LogP contribution is -2.32. The molecule has 0 aromatic heterocycles. The maximum atomic E-state index is 11.1. The van der Waals surface area contributed by atoms with Crippen LogP contribution in [0.4, 0.5) is 0 Å². The van der Waals surface area contributed by atoms with Gasteiger partial charge in [-0.2, -0.15) is 0 Å². The molecular formula is C10H12O6. The van der Waals surface area contributed by atoms with Crippen LogP contribution in [0, 0.1) is 0 Å². The van der Waals surface area contributed by atoms with Gasteiger partial charge in [-0.05, 0) is 6.58 Å². The number of methoxy groups -OCH3 is 1. The molecule has 0 amide bonds. The van der Waals surface area contributed by atoms with E-state index < -0.39 is 24.0 Å². The zero-order valence-corrected chi connectivity index (χ0v) is 8.67. The van der Waals surface area contributed by atoms with Gasteiger partial charge in [0, 0.05) is 12.5 Å². The first-order chi connectivity index (χ1) is 7.45. The van der Waals surface area contributed by atoms with E-state index in [1.807, 2.05) is 0 Å². The largest absolute Gasteiger partial charge is 0.463 e. The SMILES string of the molecule is C=C(OC1=CC(=O)[C@@H](O)C[C@H]1O)C(=O)OC. The molecule has 1 rings (SSSR count). The Labute approximate surface area is 91.8 Å². The zero-order valence-electron chi connectivity index (χ0n) is 8.67. The highest BCUT2D eigenvalue weighted by atomic mass is 16.6. The first-order valence-corrected chi connectivity index (χ1v) is 4.52. The fraction of sp³-hybridized carbons (Fsp3) is 0.400. The molecule has 16 heavy (non-hydrogen) atoms. The van der Waals surface area contributed by atoms with Crippen LogP contribution in [-0.2, 0) is 19.1 Å². The second kappa shape index (κ2) is 4.91. The second-order valence-corrected chi connectivity index (χ2v) is 3.23. The Kier molecular flexibility index (Phi) is 3.81. The molecule has 6 nitrogen and oxygen atoms in total. The number of ether oxygens (including phenoxy) is 2. The van der Waals surface area contributed by atoms with E-state index in [4.69, 9.17) is 9.84 Å². The van der Waals surface area contributed by atoms with Gasteiger partial charge in [0.1, 0.15) is 18.0 Å². The highest BCUT2D eigenvalue weighted by Crippen LogP contribution is 2.20. The van der Waals surface area contributed by atoms with Crippen molar-refractivity contribution in [1.29, 1.82) is 0 Å². The van der Waals surface area contributed by atoms with Crippen LogP contribution in [0.5, 0.6) is 0 Å². The molecule has 2 N–H and O–H groups in total. The van der Waals surface area contributed by atoms with E-state index in [2.05, 4.69) is 11.3 Å². The van der Waals surface area contributed by atoms with Crippen LogP contribution in [-0.4, -0.2) is 41.3 Å². The first-order valence-electron chi connectivity index (χ1n) is 4.52. The van der Waals surface area contributed by atoms with Gasteiger partial charge < -0.3 is 19.7 Å². The van der Waals surface area contributed by atoms with Crippen molar-refractivity contribution >= 4 is 11.8 Å². The highest BCUT2D eigenvalue weighted by Gasteiger charge is 2.29. The molecule has 0 aromatic rings. The minimum Gasteiger partial charge on any atom is -0.463 e. The van der Waals surface area contributed by atoms with Crippen molar-refractivity contribution in [2.45, 2.75) is 18.6 Å². The highest BCUT2D eigenvalue weighted by molar-refractivity contribution is 5.95. The first kappa shape index (κ1) is 12.4. The number of carbonyl (C=O) groups excluding carboxylic acids is 2. The van der Waals surface area contributed by atoms with Crippen LogP contribution in [0.3, 0.4) is 0 Å². The third kappa shape index (κ3) is 2.68. The van der Waals surface area contributed by atoms with Crippen LogP contribution in [0.2, 0.25) is 0 Å². The normalized spacial score (nSPS) is 24.7. The molecule has 1 aliphatic carbocycles. The predicted molar refractivity (Wildman–Crippen MR) is 52.0 cm³/mol. The number of carbonyl (C=O) groups is 2. The van der Waals surface area contributed by atoms with Gasteiger partial charge in [-0.15, -0.1) is 0 Å². The number of aliphatic hydroxyl groups is 2. The third-order valence-corrected chi connectivity index (χ3v) is 2.04. The van der Waals surface area contributed by atoms with Gasteiger partial charge in [0.2, 0.25) is 5.76 Å². The Morgan fingerprint density at radius 1 is 1.50 bits per heavy atom. The summed E-state index contributed by atoms with van der Waals surface area (Å²) in [7, 11) is 1.15. The number of hydrogen-bond acceptors (Lipinski definition) is 6. The summed E-state index contributed by atoms with van der Waals surface area (Å²) >= 11 is 0. The zero-order chi connectivity index (χ0) is 12.3. The minimum absolute atomic E-state index is 0.120. The molecule has 0 aromatic carbocycles. The fourth-order valence-corrected chi connectivity index (χ4v) is 1.17. The van der Waals surface area contributed by atoms with E-state index in [0.29, 0.717) is 0 Å². The van der Waals surface area contributed by atoms with Crippen molar-refractivity contribution in [3.8, 4) is 0 Å². The van der Waals surface area contributed by atoms with E-state index in [1.54, 1.807) is 0 Å². The summed E-state index contributed by atoms with van der Waals surface area (Å²) in [5, 5.41) is 18.6. The van der Waals surface area contributed by atoms with Crippen LogP contribution < -0.4 is 0 Å². The van der Waals surface area contributed by atoms with Gasteiger partial charge in [-0.1, -0.05) is 0 Å². The lowest BCUT2D eigenvalue weighted by atomic mass is 9.99. The lowest BCUT2D eigenvalue weighted by molar-refractivity contribution is -0.140. The molecule has 0 radical (unpaired) electrons. The quantitative estimate of drug-likeness (QED) is 0.376. The van der Waals surface area contributed by atoms with Crippen molar-refractivity contribution in [2.24, 2.45) is 0 Å². The smallest absolute Gasteiger partial charge is 0.373 e. The summed E-state index contributed by atoms with van der Waals surface area (Å²) in [6.45, 7) is 3.28. The number of esters is 1. The molecule has 0 unspecified atom stereocenters. The topological polar surface area (TPSA) is 93.1 Å². The van der Waals surface area contributed by atoms with E-state index in [-0.39, 0.29) is 17.9 Å². The Bertz CT molecular complexity index is 356. The molecule has 0 saturated heterocycles. The molecule has 0 bridgehead atoms. The Morgan fingerprint density at radius 2 is 2.12 bits per heavy atom. The fourth-order valence-electron chi connectivity index (χ4n) is 1.17. The van der Waals surface area contributed by atoms with Crippen molar-refractivity contribution in [2.75, 3.05) is 7.11 Å². The van der Waals surface area contributed by atoms with Crippen LogP contribution >= 0.6 is 0 Å². The molecule has 1 aliphatic rings. The average Bonchev–Trinajstić information content (AvgIpc) is 2.24. The molecule has 2 atom stereocenters. The second-order valence-electron chi connectivity index (χ2n) is 3.23. The molecule has 0 heterocycles. The number of hydrogen-bond donors (Lipinski definition) is 2. The van der Waals surface area contributed by atoms with Crippen molar-refractivity contribution < 1.29 is 29.3 Å². The number of ketones is 1. The van der Waals surface area contributed by atoms with Gasteiger partial charge >= 0.3 is 5.97 Å². The van der Waals surface area contributed by atoms with Crippen molar-refractivity contribution in [1.82, 2.24) is 0 Å². The summed E-state index contributed by atoms with van der Waals surface area (Å²) in [5.74, 6) is -1.84. The van der Waals surface area contributed by atoms with Gasteiger partial charge in [0.05, 0.1) is 7.11 Å². The van der Waals surface area contributed by atoms with E-state index in [9.17, 15) is 14.7 Å². The van der Waals surface area contributed by atoms with E-state index in [0.717, 1.165) is 13.2 Å². The van der Waals surface area contributed by atoms with Crippen LogP contribution in [0.1, 0.15) is 6.42 Å². The predicted octanol–water partition coefficient (Wildman–Crippen LogP) is -0.732. The van der Waals surface area contributed by atoms with E-state index in [1.165, 1.54) is 0 Å². The summed E-state index contributed by atoms with van der Waals surface area (Å²) in [6, 6.07) is 0. The molecule has 0 spiro atoms. The maximum Gasteiger partial charge on any atom is 0.373 e. The Balaban J connectivity index is 2.74. The molecule has 6 heteroatoms. The minimum atomic E-state index is -1.24. The number of aliphatic hydroxyl groups excluding tert-OH is 2. The molecule has 88 valence electrons. The molecule has 0 aliphatic heterocycles. The summed E-state index contributed by atoms with van der Waals surface area (Å²) < 4.78 is 9.22. The van der Waals surface area contributed by atoms with Crippen molar-refractivity contribution in [3.05, 3.63) is 24.2 Å². The molecule has 0 fully saturated rings. The maximum absolute atomic E-state index is 11.1.